The second kappa shape index (κ2) is 20.0. The highest BCUT2D eigenvalue weighted by atomic mass is 19.1. The number of nitro benzene ring substituents is 2. The SMILES string of the molecule is COC(=O)C1CCC(CN)CC1.COC(=O)C1CCC(CNc2cc(OC)c(F)cc2[N+](=O)[O-])CC1.COc1cc(F)c([N+](=O)[O-])cc1F. The fourth-order valence-electron chi connectivity index (χ4n) is 5.63. The van der Waals surface area contributed by atoms with Crippen LogP contribution in [0.4, 0.5) is 30.2 Å². The number of hydrogen-bond donors (Lipinski definition) is 2. The van der Waals surface area contributed by atoms with Crippen molar-refractivity contribution in [1.82, 2.24) is 0 Å². The number of hydrogen-bond acceptors (Lipinski definition) is 12. The predicted molar refractivity (Wildman–Crippen MR) is 172 cm³/mol. The lowest BCUT2D eigenvalue weighted by Crippen LogP contribution is -2.26. The molecule has 0 aliphatic heterocycles. The highest BCUT2D eigenvalue weighted by molar-refractivity contribution is 5.72. The van der Waals surface area contributed by atoms with Crippen LogP contribution in [0.3, 0.4) is 0 Å². The molecule has 0 spiro atoms. The van der Waals surface area contributed by atoms with E-state index in [4.69, 9.17) is 15.2 Å². The Balaban J connectivity index is 0.000000281. The second-order valence-corrected chi connectivity index (χ2v) is 11.6. The molecule has 49 heavy (non-hydrogen) atoms. The van der Waals surface area contributed by atoms with E-state index >= 15 is 0 Å². The summed E-state index contributed by atoms with van der Waals surface area (Å²) in [7, 11) is 5.29. The third kappa shape index (κ3) is 12.1. The average Bonchev–Trinajstić information content (AvgIpc) is 3.11. The largest absolute Gasteiger partial charge is 0.494 e. The minimum atomic E-state index is -1.12. The molecule has 0 heterocycles. The fraction of sp³-hybridized carbons (Fsp3) is 0.562. The molecule has 0 atom stereocenters. The smallest absolute Gasteiger partial charge is 0.308 e. The maximum atomic E-state index is 13.6. The number of rotatable bonds is 10. The van der Waals surface area contributed by atoms with E-state index in [0.29, 0.717) is 30.5 Å². The van der Waals surface area contributed by atoms with Crippen LogP contribution in [0.5, 0.6) is 11.5 Å². The van der Waals surface area contributed by atoms with E-state index < -0.39 is 33.0 Å². The lowest BCUT2D eigenvalue weighted by atomic mass is 9.82. The third-order valence-corrected chi connectivity index (χ3v) is 8.56. The Labute approximate surface area is 281 Å². The van der Waals surface area contributed by atoms with Gasteiger partial charge in [-0.05, 0) is 69.7 Å². The van der Waals surface area contributed by atoms with Crippen LogP contribution >= 0.6 is 0 Å². The van der Waals surface area contributed by atoms with Gasteiger partial charge in [-0.15, -0.1) is 0 Å². The van der Waals surface area contributed by atoms with E-state index in [1.807, 2.05) is 0 Å². The summed E-state index contributed by atoms with van der Waals surface area (Å²) in [6.45, 7) is 1.28. The minimum Gasteiger partial charge on any atom is -0.494 e. The van der Waals surface area contributed by atoms with Gasteiger partial charge in [-0.1, -0.05) is 0 Å². The maximum absolute atomic E-state index is 13.6. The second-order valence-electron chi connectivity index (χ2n) is 11.6. The molecule has 4 rings (SSSR count). The zero-order chi connectivity index (χ0) is 36.7. The van der Waals surface area contributed by atoms with Crippen LogP contribution in [-0.4, -0.2) is 63.3 Å². The van der Waals surface area contributed by atoms with Crippen LogP contribution in [0.1, 0.15) is 51.4 Å². The van der Waals surface area contributed by atoms with Crippen molar-refractivity contribution in [2.45, 2.75) is 51.4 Å². The van der Waals surface area contributed by atoms with E-state index in [0.717, 1.165) is 71.1 Å². The highest BCUT2D eigenvalue weighted by Crippen LogP contribution is 2.34. The molecule has 14 nitrogen and oxygen atoms in total. The van der Waals surface area contributed by atoms with Crippen LogP contribution in [0, 0.1) is 61.4 Å². The Morgan fingerprint density at radius 1 is 0.714 bits per heavy atom. The third-order valence-electron chi connectivity index (χ3n) is 8.56. The van der Waals surface area contributed by atoms with Gasteiger partial charge in [0.1, 0.15) is 5.69 Å². The van der Waals surface area contributed by atoms with Gasteiger partial charge in [0.15, 0.2) is 23.1 Å². The number of halogens is 3. The van der Waals surface area contributed by atoms with Crippen LogP contribution in [-0.2, 0) is 19.1 Å². The monoisotopic (exact) mass is 700 g/mol. The fourth-order valence-corrected chi connectivity index (χ4v) is 5.63. The molecule has 2 saturated carbocycles. The first-order chi connectivity index (χ1) is 23.3. The highest BCUT2D eigenvalue weighted by Gasteiger charge is 2.28. The van der Waals surface area contributed by atoms with Gasteiger partial charge in [0.05, 0.1) is 62.3 Å². The number of anilines is 1. The van der Waals surface area contributed by atoms with Gasteiger partial charge in [0, 0.05) is 18.7 Å². The first kappa shape index (κ1) is 40.5. The van der Waals surface area contributed by atoms with Gasteiger partial charge in [-0.25, -0.2) is 8.78 Å². The number of methoxy groups -OCH3 is 4. The lowest BCUT2D eigenvalue weighted by Gasteiger charge is -2.27. The molecule has 2 aromatic carbocycles. The number of ether oxygens (including phenoxy) is 4. The van der Waals surface area contributed by atoms with E-state index in [1.54, 1.807) is 0 Å². The molecular formula is C32H43F3N4O10. The Morgan fingerprint density at radius 2 is 1.14 bits per heavy atom. The molecule has 0 bridgehead atoms. The number of nitrogens with zero attached hydrogens (tertiary/aromatic N) is 2. The number of esters is 2. The average molecular weight is 701 g/mol. The number of carbonyl (C=O) groups excluding carboxylic acids is 2. The van der Waals surface area contributed by atoms with Gasteiger partial charge in [-0.2, -0.15) is 4.39 Å². The summed E-state index contributed by atoms with van der Waals surface area (Å²) in [4.78, 5) is 42.2. The Morgan fingerprint density at radius 3 is 1.55 bits per heavy atom. The van der Waals surface area contributed by atoms with Gasteiger partial charge < -0.3 is 30.0 Å². The molecule has 3 N–H and O–H groups in total. The standard InChI is InChI=1S/C16H21FN2O5.C9H17NO2.C7H5F2NO3/c1-23-15-8-13(14(19(21)22)7-12(15)17)18-9-10-3-5-11(6-4-10)16(20)24-2;1-12-9(11)8-4-2-7(6-10)3-5-8;1-13-7-3-4(8)6(10(11)12)2-5(7)9/h7-8,10-11,18H,3-6,9H2,1-2H3;7-8H,2-6,10H2,1H3;2-3H,1H3. The van der Waals surface area contributed by atoms with Crippen LogP contribution in [0.2, 0.25) is 0 Å². The summed E-state index contributed by atoms with van der Waals surface area (Å²) in [6, 6.07) is 3.27. The number of nitrogens with two attached hydrogens (primary N) is 1. The molecule has 0 amide bonds. The molecule has 272 valence electrons. The summed E-state index contributed by atoms with van der Waals surface area (Å²) in [5, 5.41) is 24.2. The zero-order valence-corrected chi connectivity index (χ0v) is 27.9. The summed E-state index contributed by atoms with van der Waals surface area (Å²) < 4.78 is 58.0. The van der Waals surface area contributed by atoms with Crippen molar-refractivity contribution in [1.29, 1.82) is 0 Å². The first-order valence-corrected chi connectivity index (χ1v) is 15.6. The Hall–Kier alpha value is -4.67. The molecule has 2 aromatic rings. The van der Waals surface area contributed by atoms with Crippen molar-refractivity contribution < 1.29 is 51.6 Å². The van der Waals surface area contributed by atoms with E-state index in [-0.39, 0.29) is 46.6 Å². The molecule has 0 aromatic heterocycles. The topological polar surface area (TPSA) is 195 Å². The molecule has 2 aliphatic carbocycles. The van der Waals surface area contributed by atoms with Crippen molar-refractivity contribution in [3.63, 3.8) is 0 Å². The molecule has 2 aliphatic rings. The summed E-state index contributed by atoms with van der Waals surface area (Å²) in [5.41, 5.74) is 4.54. The van der Waals surface area contributed by atoms with Crippen molar-refractivity contribution in [3.8, 4) is 11.5 Å². The van der Waals surface area contributed by atoms with Crippen LogP contribution < -0.4 is 20.5 Å². The Kier molecular flexibility index (Phi) is 16.5. The van der Waals surface area contributed by atoms with Crippen molar-refractivity contribution in [3.05, 3.63) is 61.9 Å². The van der Waals surface area contributed by atoms with Gasteiger partial charge in [0.2, 0.25) is 5.82 Å². The predicted octanol–water partition coefficient (Wildman–Crippen LogP) is 5.94. The molecule has 0 saturated heterocycles. The summed E-state index contributed by atoms with van der Waals surface area (Å²) >= 11 is 0. The normalized spacial score (nSPS) is 19.8. The van der Waals surface area contributed by atoms with E-state index in [1.165, 1.54) is 27.4 Å². The van der Waals surface area contributed by atoms with Gasteiger partial charge in [-0.3, -0.25) is 29.8 Å². The van der Waals surface area contributed by atoms with Gasteiger partial charge in [0.25, 0.3) is 5.69 Å². The number of nitro groups is 2. The number of nitrogens with one attached hydrogen (secondary N) is 1. The van der Waals surface area contributed by atoms with Crippen molar-refractivity contribution in [2.75, 3.05) is 46.8 Å². The number of benzene rings is 2. The molecular weight excluding hydrogens is 657 g/mol. The summed E-state index contributed by atoms with van der Waals surface area (Å²) in [5.74, 6) is -2.49. The molecule has 0 radical (unpaired) electrons. The zero-order valence-electron chi connectivity index (χ0n) is 27.9. The quantitative estimate of drug-likeness (QED) is 0.168. The molecule has 0 unspecified atom stereocenters. The van der Waals surface area contributed by atoms with Crippen LogP contribution in [0.25, 0.3) is 0 Å². The van der Waals surface area contributed by atoms with E-state index in [9.17, 15) is 43.0 Å². The summed E-state index contributed by atoms with van der Waals surface area (Å²) in [6.07, 6.45) is 7.22. The van der Waals surface area contributed by atoms with Crippen molar-refractivity contribution in [2.24, 2.45) is 29.4 Å². The minimum absolute atomic E-state index is 0.0440. The van der Waals surface area contributed by atoms with Gasteiger partial charge >= 0.3 is 17.6 Å². The van der Waals surface area contributed by atoms with E-state index in [2.05, 4.69) is 14.8 Å². The maximum Gasteiger partial charge on any atom is 0.308 e. The lowest BCUT2D eigenvalue weighted by molar-refractivity contribution is -0.387. The molecule has 2 fully saturated rings. The van der Waals surface area contributed by atoms with Crippen LogP contribution in [0.15, 0.2) is 24.3 Å². The number of carbonyl (C=O) groups is 2. The Bertz CT molecular complexity index is 1430. The first-order valence-electron chi connectivity index (χ1n) is 15.6. The molecule has 17 heteroatoms. The van der Waals surface area contributed by atoms with Crippen molar-refractivity contribution >= 4 is 29.0 Å².